The lowest BCUT2D eigenvalue weighted by Gasteiger charge is -2.27. The quantitative estimate of drug-likeness (QED) is 0.0862. The fourth-order valence-corrected chi connectivity index (χ4v) is 11.4. The van der Waals surface area contributed by atoms with Crippen LogP contribution >= 0.6 is 30.4 Å². The molecule has 0 fully saturated rings. The first-order valence-electron chi connectivity index (χ1n) is 5.75. The number of rotatable bonds is 11. The SMILES string of the molecule is O=S(O)OCC(P(=O)(O)O)P(=O)(O)OP(=O)(O)C(CS(=O)(=O)O)P(=O)(O)O. The average molecular weight is 522 g/mol. The first-order valence-corrected chi connectivity index (χ1v) is 15.1. The van der Waals surface area contributed by atoms with Gasteiger partial charge in [0.15, 0.2) is 10.8 Å². The molecule has 27 heavy (non-hydrogen) atoms. The van der Waals surface area contributed by atoms with Crippen molar-refractivity contribution in [2.24, 2.45) is 0 Å². The van der Waals surface area contributed by atoms with Crippen molar-refractivity contribution < 1.29 is 77.8 Å². The summed E-state index contributed by atoms with van der Waals surface area (Å²) in [7, 11) is -29.2. The second kappa shape index (κ2) is 9.18. The second-order valence-electron chi connectivity index (χ2n) is 4.60. The molecular weight excluding hydrogens is 508 g/mol. The molecule has 0 aromatic rings. The maximum Gasteiger partial charge on any atom is 0.352 e. The van der Waals surface area contributed by atoms with Gasteiger partial charge in [0, 0.05) is 0 Å². The summed E-state index contributed by atoms with van der Waals surface area (Å²) in [6.07, 6.45) is 0. The molecular formula is C4H14O17P4S2. The van der Waals surface area contributed by atoms with Gasteiger partial charge in [0.05, 0.1) is 6.61 Å². The lowest BCUT2D eigenvalue weighted by Crippen LogP contribution is -2.24. The molecule has 0 heterocycles. The largest absolute Gasteiger partial charge is 0.352 e. The molecule has 5 unspecified atom stereocenters. The van der Waals surface area contributed by atoms with E-state index in [2.05, 4.69) is 8.49 Å². The smallest absolute Gasteiger partial charge is 0.324 e. The van der Waals surface area contributed by atoms with Crippen LogP contribution in [0.15, 0.2) is 0 Å². The molecule has 0 bridgehead atoms. The third-order valence-corrected chi connectivity index (χ3v) is 13.2. The summed E-state index contributed by atoms with van der Waals surface area (Å²) in [5, 5.41) is -6.37. The molecule has 0 saturated heterocycles. The summed E-state index contributed by atoms with van der Waals surface area (Å²) in [6, 6.07) is 0. The molecule has 0 aliphatic heterocycles. The highest BCUT2D eigenvalue weighted by Gasteiger charge is 2.55. The molecule has 0 aromatic heterocycles. The van der Waals surface area contributed by atoms with E-state index in [9.17, 15) is 40.7 Å². The Kier molecular flexibility index (Phi) is 9.39. The average Bonchev–Trinajstić information content (AvgIpc) is 2.29. The van der Waals surface area contributed by atoms with E-state index in [4.69, 9.17) is 28.7 Å². The van der Waals surface area contributed by atoms with Gasteiger partial charge in [-0.05, 0) is 0 Å². The Hall–Kier alpha value is 0.620. The number of hydrogen-bond acceptors (Lipinski definition) is 9. The van der Waals surface area contributed by atoms with Crippen LogP contribution in [0.1, 0.15) is 0 Å². The van der Waals surface area contributed by atoms with E-state index in [0.29, 0.717) is 0 Å². The summed E-state index contributed by atoms with van der Waals surface area (Å²) < 4.78 is 103. The van der Waals surface area contributed by atoms with Crippen LogP contribution in [0.2, 0.25) is 0 Å². The van der Waals surface area contributed by atoms with Crippen molar-refractivity contribution in [1.29, 1.82) is 0 Å². The zero-order valence-electron chi connectivity index (χ0n) is 12.4. The van der Waals surface area contributed by atoms with Crippen molar-refractivity contribution in [2.45, 2.75) is 10.8 Å². The van der Waals surface area contributed by atoms with Crippen molar-refractivity contribution in [1.82, 2.24) is 0 Å². The molecule has 5 atom stereocenters. The second-order valence-corrected chi connectivity index (χ2v) is 15.3. The first-order chi connectivity index (χ1) is 11.6. The van der Waals surface area contributed by atoms with Crippen LogP contribution < -0.4 is 0 Å². The van der Waals surface area contributed by atoms with Crippen molar-refractivity contribution in [3.8, 4) is 0 Å². The van der Waals surface area contributed by atoms with Crippen molar-refractivity contribution >= 4 is 51.9 Å². The van der Waals surface area contributed by atoms with Gasteiger partial charge in [-0.15, -0.1) is 0 Å². The monoisotopic (exact) mass is 522 g/mol. The summed E-state index contributed by atoms with van der Waals surface area (Å²) in [4.78, 5) is 55.0. The lowest BCUT2D eigenvalue weighted by atomic mass is 10.9. The highest BCUT2D eigenvalue weighted by Crippen LogP contribution is 2.74. The maximum atomic E-state index is 12.0. The molecule has 8 N–H and O–H groups in total. The first kappa shape index (κ1) is 27.6. The van der Waals surface area contributed by atoms with Gasteiger partial charge in [-0.3, -0.25) is 31.5 Å². The van der Waals surface area contributed by atoms with Crippen LogP contribution in [-0.4, -0.2) is 74.3 Å². The van der Waals surface area contributed by atoms with Gasteiger partial charge in [-0.1, -0.05) is 0 Å². The third kappa shape index (κ3) is 9.78. The standard InChI is InChI=1S/C4H14O17P4S2/c5-22(6,7)3(1-20-26(15)16)24(11,12)21-25(13,14)4(23(8,9)10)2-27(17,18)19/h3-4H,1-2H2,(H,11,12)(H,13,14)(H,15,16)(H2,5,6,7)(H2,8,9,10)(H,17,18,19). The minimum atomic E-state index is -6.17. The van der Waals surface area contributed by atoms with Crippen molar-refractivity contribution in [3.05, 3.63) is 0 Å². The molecule has 0 aliphatic rings. The van der Waals surface area contributed by atoms with Gasteiger partial charge in [-0.25, -0.2) is 4.31 Å². The van der Waals surface area contributed by atoms with E-state index in [0.717, 1.165) is 0 Å². The molecule has 23 heteroatoms. The van der Waals surface area contributed by atoms with Crippen LogP contribution in [0.5, 0.6) is 0 Å². The normalized spacial score (nSPS) is 21.6. The Morgan fingerprint density at radius 1 is 0.852 bits per heavy atom. The van der Waals surface area contributed by atoms with E-state index in [1.807, 2.05) is 0 Å². The Labute approximate surface area is 153 Å². The van der Waals surface area contributed by atoms with Crippen LogP contribution in [0.4, 0.5) is 0 Å². The Morgan fingerprint density at radius 3 is 1.52 bits per heavy atom. The van der Waals surface area contributed by atoms with Crippen LogP contribution in [0, 0.1) is 0 Å². The Balaban J connectivity index is 6.03. The van der Waals surface area contributed by atoms with Crippen LogP contribution in [0.25, 0.3) is 0 Å². The van der Waals surface area contributed by atoms with Gasteiger partial charge in [0.1, 0.15) is 5.75 Å². The molecule has 0 spiro atoms. The zero-order chi connectivity index (χ0) is 22.1. The van der Waals surface area contributed by atoms with E-state index in [1.54, 1.807) is 0 Å². The van der Waals surface area contributed by atoms with E-state index >= 15 is 0 Å². The van der Waals surface area contributed by atoms with Gasteiger partial charge < -0.3 is 29.4 Å². The van der Waals surface area contributed by atoms with Gasteiger partial charge in [0.2, 0.25) is 0 Å². The molecule has 0 rings (SSSR count). The Bertz CT molecular complexity index is 848. The molecule has 0 amide bonds. The predicted molar refractivity (Wildman–Crippen MR) is 85.5 cm³/mol. The maximum absolute atomic E-state index is 12.0. The molecule has 17 nitrogen and oxygen atoms in total. The Morgan fingerprint density at radius 2 is 1.22 bits per heavy atom. The summed E-state index contributed by atoms with van der Waals surface area (Å²) in [5.41, 5.74) is 0. The lowest BCUT2D eigenvalue weighted by molar-refractivity contribution is 0.274. The molecule has 0 saturated carbocycles. The van der Waals surface area contributed by atoms with Crippen molar-refractivity contribution in [3.63, 3.8) is 0 Å². The van der Waals surface area contributed by atoms with Crippen LogP contribution in [0.3, 0.4) is 0 Å². The van der Waals surface area contributed by atoms with Gasteiger partial charge >= 0.3 is 41.7 Å². The van der Waals surface area contributed by atoms with Crippen molar-refractivity contribution in [2.75, 3.05) is 12.4 Å². The van der Waals surface area contributed by atoms with E-state index in [-0.39, 0.29) is 0 Å². The van der Waals surface area contributed by atoms with E-state index in [1.165, 1.54) is 0 Å². The van der Waals surface area contributed by atoms with Gasteiger partial charge in [-0.2, -0.15) is 12.6 Å². The molecule has 164 valence electrons. The highest BCUT2D eigenvalue weighted by molar-refractivity contribution is 7.88. The minimum Gasteiger partial charge on any atom is -0.324 e. The third-order valence-electron chi connectivity index (χ3n) is 2.44. The summed E-state index contributed by atoms with van der Waals surface area (Å²) in [5.74, 6) is -2.12. The molecule has 0 aliphatic carbocycles. The van der Waals surface area contributed by atoms with Crippen LogP contribution in [-0.2, 0) is 48.2 Å². The summed E-state index contributed by atoms with van der Waals surface area (Å²) >= 11 is -3.21. The fraction of sp³-hybridized carbons (Fsp3) is 1.00. The number of hydrogen-bond donors (Lipinski definition) is 8. The topological polar surface area (TPSA) is 300 Å². The minimum absolute atomic E-state index is 1.69. The highest BCUT2D eigenvalue weighted by atomic mass is 32.2. The summed E-state index contributed by atoms with van der Waals surface area (Å²) in [6.45, 7) is -1.69. The van der Waals surface area contributed by atoms with E-state index < -0.39 is 75.0 Å². The zero-order valence-corrected chi connectivity index (χ0v) is 17.6. The predicted octanol–water partition coefficient (Wildman–Crippen LogP) is -1.58. The molecule has 0 aromatic carbocycles. The fourth-order valence-electron chi connectivity index (χ4n) is 1.35. The van der Waals surface area contributed by atoms with Gasteiger partial charge in [0.25, 0.3) is 10.1 Å². The molecule has 0 radical (unpaired) electrons.